The number of primary amides is 1. The zero-order chi connectivity index (χ0) is 22.8. The summed E-state index contributed by atoms with van der Waals surface area (Å²) in [7, 11) is 0. The first-order chi connectivity index (χ1) is 15.4. The quantitative estimate of drug-likeness (QED) is 0.424. The first kappa shape index (κ1) is 22.2. The highest BCUT2D eigenvalue weighted by molar-refractivity contribution is 6.30. The Morgan fingerprint density at radius 1 is 1.34 bits per heavy atom. The average molecular weight is 462 g/mol. The number of aromatic nitrogens is 4. The van der Waals surface area contributed by atoms with Gasteiger partial charge in [-0.1, -0.05) is 11.6 Å². The van der Waals surface area contributed by atoms with Crippen LogP contribution in [0.15, 0.2) is 24.4 Å². The molecule has 2 heterocycles. The van der Waals surface area contributed by atoms with Gasteiger partial charge in [0.05, 0.1) is 18.5 Å². The Hall–Kier alpha value is -2.98. The largest absolute Gasteiger partial charge is 0.394 e. The number of nitrogens with two attached hydrogens (primary N) is 1. The van der Waals surface area contributed by atoms with E-state index in [4.69, 9.17) is 17.3 Å². The Bertz CT molecular complexity index is 1130. The fourth-order valence-electron chi connectivity index (χ4n) is 3.99. The Morgan fingerprint density at radius 2 is 2.09 bits per heavy atom. The summed E-state index contributed by atoms with van der Waals surface area (Å²) in [6.45, 7) is 1.74. The van der Waals surface area contributed by atoms with Crippen molar-refractivity contribution in [3.8, 4) is 0 Å². The normalized spacial score (nSPS) is 19.6. The molecule has 2 aromatic heterocycles. The molecule has 9 nitrogen and oxygen atoms in total. The smallest absolute Gasteiger partial charge is 0.225 e. The number of carbonyl (C=O) groups is 1. The Balaban J connectivity index is 1.75. The van der Waals surface area contributed by atoms with Crippen LogP contribution in [0.3, 0.4) is 0 Å². The molecule has 5 N–H and O–H groups in total. The molecule has 1 aromatic carbocycles. The van der Waals surface area contributed by atoms with E-state index in [0.29, 0.717) is 53.8 Å². The SMILES string of the molecule is C[C@@H](CO)Nc1ncc2nc(Nc3cc(Cl)ccc3F)n(C3CCC(C(N)=O)CC3)c2n1. The molecule has 4 rings (SSSR count). The van der Waals surface area contributed by atoms with Crippen molar-refractivity contribution in [3.63, 3.8) is 0 Å². The van der Waals surface area contributed by atoms with Crippen LogP contribution in [-0.4, -0.2) is 43.2 Å². The minimum atomic E-state index is -0.462. The van der Waals surface area contributed by atoms with Gasteiger partial charge in [-0.15, -0.1) is 0 Å². The third kappa shape index (κ3) is 4.61. The number of rotatable bonds is 7. The van der Waals surface area contributed by atoms with Gasteiger partial charge in [0.1, 0.15) is 11.3 Å². The minimum absolute atomic E-state index is 0.0154. The molecule has 1 aliphatic carbocycles. The van der Waals surface area contributed by atoms with Crippen molar-refractivity contribution in [1.82, 2.24) is 19.5 Å². The van der Waals surface area contributed by atoms with Crippen LogP contribution in [0.2, 0.25) is 5.02 Å². The van der Waals surface area contributed by atoms with Crippen molar-refractivity contribution >= 4 is 46.3 Å². The highest BCUT2D eigenvalue weighted by Gasteiger charge is 2.29. The van der Waals surface area contributed by atoms with Crippen molar-refractivity contribution in [2.75, 3.05) is 17.2 Å². The number of hydrogen-bond acceptors (Lipinski definition) is 7. The van der Waals surface area contributed by atoms with Gasteiger partial charge in [-0.2, -0.15) is 4.98 Å². The summed E-state index contributed by atoms with van der Waals surface area (Å²) in [6.07, 6.45) is 4.29. The molecule has 1 aliphatic rings. The summed E-state index contributed by atoms with van der Waals surface area (Å²) in [6, 6.07) is 4.01. The lowest BCUT2D eigenvalue weighted by atomic mass is 9.85. The summed E-state index contributed by atoms with van der Waals surface area (Å²) in [4.78, 5) is 25.1. The highest BCUT2D eigenvalue weighted by Crippen LogP contribution is 2.37. The van der Waals surface area contributed by atoms with Crippen LogP contribution in [0.25, 0.3) is 11.2 Å². The molecule has 1 atom stereocenters. The first-order valence-corrected chi connectivity index (χ1v) is 10.9. The fraction of sp³-hybridized carbons (Fsp3) is 0.429. The number of aliphatic hydroxyl groups is 1. The van der Waals surface area contributed by atoms with Gasteiger partial charge >= 0.3 is 0 Å². The third-order valence-corrected chi connectivity index (χ3v) is 5.96. The minimum Gasteiger partial charge on any atom is -0.394 e. The lowest BCUT2D eigenvalue weighted by Gasteiger charge is -2.29. The second kappa shape index (κ2) is 9.25. The second-order valence-electron chi connectivity index (χ2n) is 8.09. The number of imidazole rings is 1. The Kier molecular flexibility index (Phi) is 6.43. The number of anilines is 3. The molecule has 1 saturated carbocycles. The molecule has 32 heavy (non-hydrogen) atoms. The highest BCUT2D eigenvalue weighted by atomic mass is 35.5. The Morgan fingerprint density at radius 3 is 2.78 bits per heavy atom. The van der Waals surface area contributed by atoms with Gasteiger partial charge in [0, 0.05) is 23.0 Å². The summed E-state index contributed by atoms with van der Waals surface area (Å²) in [5, 5.41) is 15.8. The second-order valence-corrected chi connectivity index (χ2v) is 8.53. The molecule has 0 saturated heterocycles. The van der Waals surface area contributed by atoms with Crippen molar-refractivity contribution in [2.24, 2.45) is 11.7 Å². The lowest BCUT2D eigenvalue weighted by molar-refractivity contribution is -0.122. The number of amides is 1. The monoisotopic (exact) mass is 461 g/mol. The zero-order valence-electron chi connectivity index (χ0n) is 17.6. The first-order valence-electron chi connectivity index (χ1n) is 10.5. The van der Waals surface area contributed by atoms with E-state index in [1.165, 1.54) is 18.2 Å². The number of aliphatic hydroxyl groups excluding tert-OH is 1. The molecule has 0 spiro atoms. The molecule has 170 valence electrons. The number of benzene rings is 1. The predicted octanol–water partition coefficient (Wildman–Crippen LogP) is 3.37. The van der Waals surface area contributed by atoms with Gasteiger partial charge < -0.3 is 21.5 Å². The molecule has 11 heteroatoms. The number of carbonyl (C=O) groups excluding carboxylic acids is 1. The molecule has 0 radical (unpaired) electrons. The average Bonchev–Trinajstić information content (AvgIpc) is 3.13. The molecule has 0 unspecified atom stereocenters. The van der Waals surface area contributed by atoms with Gasteiger partial charge in [0.2, 0.25) is 17.8 Å². The maximum Gasteiger partial charge on any atom is 0.225 e. The van der Waals surface area contributed by atoms with Crippen LogP contribution in [0.1, 0.15) is 38.6 Å². The van der Waals surface area contributed by atoms with Gasteiger partial charge in [-0.25, -0.2) is 14.4 Å². The standard InChI is InChI=1S/C21H25ClFN7O2/c1-11(10-31)26-20-25-9-17-19(29-20)30(14-5-2-12(3-6-14)18(24)32)21(28-17)27-16-8-13(22)4-7-15(16)23/h4,7-9,11-12,14,31H,2-3,5-6,10H2,1H3,(H2,24,32)(H,27,28)(H,25,26,29)/t11-,12?,14?/m0/s1. The van der Waals surface area contributed by atoms with E-state index in [9.17, 15) is 14.3 Å². The number of hydrogen-bond donors (Lipinski definition) is 4. The van der Waals surface area contributed by atoms with Gasteiger partial charge in [0.15, 0.2) is 5.65 Å². The van der Waals surface area contributed by atoms with Crippen LogP contribution in [-0.2, 0) is 4.79 Å². The van der Waals surface area contributed by atoms with E-state index < -0.39 is 5.82 Å². The van der Waals surface area contributed by atoms with Gasteiger partial charge in [-0.05, 0) is 50.8 Å². The predicted molar refractivity (Wildman–Crippen MR) is 120 cm³/mol. The van der Waals surface area contributed by atoms with Gasteiger partial charge in [-0.3, -0.25) is 9.36 Å². The van der Waals surface area contributed by atoms with E-state index in [1.807, 2.05) is 11.5 Å². The topological polar surface area (TPSA) is 131 Å². The number of halogens is 2. The molecule has 3 aromatic rings. The summed E-state index contributed by atoms with van der Waals surface area (Å²) >= 11 is 6.05. The number of nitrogens with zero attached hydrogens (tertiary/aromatic N) is 4. The summed E-state index contributed by atoms with van der Waals surface area (Å²) in [5.41, 5.74) is 6.79. The molecule has 1 fully saturated rings. The molecular formula is C21H25ClFN7O2. The number of fused-ring (bicyclic) bond motifs is 1. The molecular weight excluding hydrogens is 437 g/mol. The van der Waals surface area contributed by atoms with Crippen molar-refractivity contribution < 1.29 is 14.3 Å². The molecule has 1 amide bonds. The van der Waals surface area contributed by atoms with Gasteiger partial charge in [0.25, 0.3) is 0 Å². The van der Waals surface area contributed by atoms with Crippen molar-refractivity contribution in [3.05, 3.63) is 35.2 Å². The maximum absolute atomic E-state index is 14.4. The zero-order valence-corrected chi connectivity index (χ0v) is 18.3. The summed E-state index contributed by atoms with van der Waals surface area (Å²) in [5.74, 6) is -0.141. The van der Waals surface area contributed by atoms with Crippen LogP contribution >= 0.6 is 11.6 Å². The maximum atomic E-state index is 14.4. The van der Waals surface area contributed by atoms with E-state index in [-0.39, 0.29) is 36.2 Å². The van der Waals surface area contributed by atoms with Crippen molar-refractivity contribution in [2.45, 2.75) is 44.7 Å². The van der Waals surface area contributed by atoms with Crippen LogP contribution in [0.4, 0.5) is 22.0 Å². The van der Waals surface area contributed by atoms with E-state index in [0.717, 1.165) is 0 Å². The third-order valence-electron chi connectivity index (χ3n) is 5.72. The molecule has 0 bridgehead atoms. The van der Waals surface area contributed by atoms with Crippen LogP contribution in [0.5, 0.6) is 0 Å². The van der Waals surface area contributed by atoms with E-state index >= 15 is 0 Å². The van der Waals surface area contributed by atoms with Crippen LogP contribution in [0, 0.1) is 11.7 Å². The summed E-state index contributed by atoms with van der Waals surface area (Å²) < 4.78 is 16.3. The van der Waals surface area contributed by atoms with Crippen LogP contribution < -0.4 is 16.4 Å². The lowest BCUT2D eigenvalue weighted by Crippen LogP contribution is -2.29. The molecule has 0 aliphatic heterocycles. The van der Waals surface area contributed by atoms with E-state index in [1.54, 1.807) is 6.20 Å². The van der Waals surface area contributed by atoms with E-state index in [2.05, 4.69) is 25.6 Å². The number of nitrogens with one attached hydrogen (secondary N) is 2. The Labute approximate surface area is 189 Å². The van der Waals surface area contributed by atoms with Crippen molar-refractivity contribution in [1.29, 1.82) is 0 Å². The fourth-order valence-corrected chi connectivity index (χ4v) is 4.16.